The monoisotopic (exact) mass is 257 g/mol. The van der Waals surface area contributed by atoms with Crippen molar-refractivity contribution in [3.05, 3.63) is 0 Å². The second-order valence-electron chi connectivity index (χ2n) is 2.57. The number of sulfonamides is 2. The minimum absolute atomic E-state index is 0.492. The second-order valence-corrected chi connectivity index (χ2v) is 6.27. The lowest BCUT2D eigenvalue weighted by Gasteiger charge is -2.30. The molecule has 84 valence electrons. The maximum absolute atomic E-state index is 12.4. The van der Waals surface area contributed by atoms with Crippen molar-refractivity contribution < 1.29 is 34.4 Å². The number of rotatable bonds is 0. The third kappa shape index (κ3) is 1.48. The Bertz CT molecular complexity index is 451. The van der Waals surface area contributed by atoms with Crippen LogP contribution in [0.5, 0.6) is 0 Å². The lowest BCUT2D eigenvalue weighted by Crippen LogP contribution is -2.62. The van der Waals surface area contributed by atoms with Gasteiger partial charge in [-0.3, -0.25) is 0 Å². The van der Waals surface area contributed by atoms with Crippen LogP contribution < -0.4 is 4.13 Å². The van der Waals surface area contributed by atoms with E-state index in [1.165, 1.54) is 0 Å². The lowest BCUT2D eigenvalue weighted by molar-refractivity contribution is -0.142. The first-order chi connectivity index (χ1) is 5.91. The van der Waals surface area contributed by atoms with Gasteiger partial charge < -0.3 is 0 Å². The van der Waals surface area contributed by atoms with E-state index in [4.69, 9.17) is 0 Å². The Labute approximate surface area is 76.2 Å². The van der Waals surface area contributed by atoms with Crippen LogP contribution in [0, 0.1) is 0 Å². The van der Waals surface area contributed by atoms with Crippen LogP contribution in [0.25, 0.3) is 0 Å². The average Bonchev–Trinajstić information content (AvgIpc) is 1.77. The molecule has 11 heteroatoms. The van der Waals surface area contributed by atoms with Gasteiger partial charge in [0.1, 0.15) is 5.75 Å². The smallest absolute Gasteiger partial charge is 0.211 e. The molecule has 1 saturated heterocycles. The second kappa shape index (κ2) is 2.58. The van der Waals surface area contributed by atoms with Gasteiger partial charge in [0.2, 0.25) is 10.0 Å². The predicted molar refractivity (Wildman–Crippen MR) is 35.7 cm³/mol. The quantitative estimate of drug-likeness (QED) is 0.592. The molecule has 1 rings (SSSR count). The number of alkyl halides is 4. The first-order valence-corrected chi connectivity index (χ1v) is 6.06. The summed E-state index contributed by atoms with van der Waals surface area (Å²) < 4.78 is 92.0. The van der Waals surface area contributed by atoms with Gasteiger partial charge in [-0.2, -0.15) is 17.6 Å². The van der Waals surface area contributed by atoms with Gasteiger partial charge in [-0.15, -0.1) is 4.13 Å². The Kier molecular flexibility index (Phi) is 2.15. The molecule has 0 aromatic heterocycles. The van der Waals surface area contributed by atoms with Gasteiger partial charge >= 0.3 is 11.2 Å². The van der Waals surface area contributed by atoms with Gasteiger partial charge in [0.15, 0.2) is 0 Å². The molecule has 1 aliphatic heterocycles. The third-order valence-electron chi connectivity index (χ3n) is 1.37. The van der Waals surface area contributed by atoms with Crippen molar-refractivity contribution in [2.75, 3.05) is 5.75 Å². The summed E-state index contributed by atoms with van der Waals surface area (Å²) in [7, 11) is -10.8. The van der Waals surface area contributed by atoms with E-state index in [9.17, 15) is 34.4 Å². The Hall–Kier alpha value is -0.420. The van der Waals surface area contributed by atoms with Crippen molar-refractivity contribution in [1.82, 2.24) is 4.13 Å². The van der Waals surface area contributed by atoms with E-state index in [1.54, 1.807) is 0 Å². The minimum atomic E-state index is -5.90. The Morgan fingerprint density at radius 2 is 1.43 bits per heavy atom. The van der Waals surface area contributed by atoms with Crippen molar-refractivity contribution in [3.8, 4) is 0 Å². The molecule has 0 spiro atoms. The molecule has 5 nitrogen and oxygen atoms in total. The first-order valence-electron chi connectivity index (χ1n) is 2.93. The predicted octanol–water partition coefficient (Wildman–Crippen LogP) is -0.523. The summed E-state index contributed by atoms with van der Waals surface area (Å²) in [5.74, 6) is -7.39. The molecule has 0 radical (unpaired) electrons. The molecule has 0 atom stereocenters. The van der Waals surface area contributed by atoms with Crippen molar-refractivity contribution in [3.63, 3.8) is 0 Å². The molecule has 1 heterocycles. The van der Waals surface area contributed by atoms with Gasteiger partial charge in [-0.05, 0) is 0 Å². The first kappa shape index (κ1) is 11.7. The van der Waals surface area contributed by atoms with Gasteiger partial charge in [0.25, 0.3) is 10.0 Å². The molecule has 0 aromatic carbocycles. The number of nitrogens with one attached hydrogen (secondary N) is 1. The molecule has 0 aliphatic carbocycles. The van der Waals surface area contributed by atoms with E-state index in [2.05, 4.69) is 0 Å². The fourth-order valence-electron chi connectivity index (χ4n) is 0.768. The Morgan fingerprint density at radius 1 is 1.00 bits per heavy atom. The summed E-state index contributed by atoms with van der Waals surface area (Å²) in [6.07, 6.45) is 0. The van der Waals surface area contributed by atoms with Crippen LogP contribution in [0.3, 0.4) is 0 Å². The largest absolute Gasteiger partial charge is 0.422 e. The number of hydrogen-bond donors (Lipinski definition) is 1. The molecular formula is C3H3F4NO4S2. The van der Waals surface area contributed by atoms with Crippen LogP contribution in [-0.4, -0.2) is 33.8 Å². The molecule has 1 aliphatic rings. The standard InChI is InChI=1S/C3H3F4NO4S2/c4-2(5)1-13(9,10)8-14(11,12)3(2,6)7/h8H,1H2. The van der Waals surface area contributed by atoms with Crippen molar-refractivity contribution in [1.29, 1.82) is 0 Å². The molecule has 0 aromatic rings. The molecule has 1 N–H and O–H groups in total. The summed E-state index contributed by atoms with van der Waals surface area (Å²) in [6, 6.07) is 0. The van der Waals surface area contributed by atoms with Crippen LogP contribution in [0.1, 0.15) is 0 Å². The average molecular weight is 257 g/mol. The topological polar surface area (TPSA) is 80.3 Å². The summed E-state index contributed by atoms with van der Waals surface area (Å²) in [4.78, 5) is 0. The van der Waals surface area contributed by atoms with Gasteiger partial charge in [-0.25, -0.2) is 16.8 Å². The van der Waals surface area contributed by atoms with E-state index >= 15 is 0 Å². The van der Waals surface area contributed by atoms with Crippen LogP contribution in [0.15, 0.2) is 0 Å². The zero-order valence-electron chi connectivity index (χ0n) is 6.17. The lowest BCUT2D eigenvalue weighted by atomic mass is 10.4. The highest BCUT2D eigenvalue weighted by Crippen LogP contribution is 2.42. The maximum atomic E-state index is 12.4. The zero-order valence-corrected chi connectivity index (χ0v) is 7.80. The van der Waals surface area contributed by atoms with Crippen LogP contribution >= 0.6 is 0 Å². The molecule has 0 amide bonds. The van der Waals surface area contributed by atoms with E-state index < -0.39 is 37.0 Å². The highest BCUT2D eigenvalue weighted by Gasteiger charge is 2.71. The van der Waals surface area contributed by atoms with Crippen molar-refractivity contribution in [2.45, 2.75) is 11.2 Å². The SMILES string of the molecule is O=S1(=O)CC(F)(F)C(F)(F)S(=O)(=O)N1. The molecule has 14 heavy (non-hydrogen) atoms. The summed E-state index contributed by atoms with van der Waals surface area (Å²) >= 11 is 0. The van der Waals surface area contributed by atoms with Gasteiger partial charge in [0, 0.05) is 0 Å². The summed E-state index contributed by atoms with van der Waals surface area (Å²) in [5.41, 5.74) is 0. The zero-order chi connectivity index (χ0) is 11.4. The van der Waals surface area contributed by atoms with Crippen LogP contribution in [0.2, 0.25) is 0 Å². The van der Waals surface area contributed by atoms with Crippen LogP contribution in [0.4, 0.5) is 17.6 Å². The van der Waals surface area contributed by atoms with E-state index in [-0.39, 0.29) is 0 Å². The van der Waals surface area contributed by atoms with Gasteiger partial charge in [0.05, 0.1) is 0 Å². The fourth-order valence-corrected chi connectivity index (χ4v) is 3.98. The Balaban J connectivity index is 3.43. The number of hydrogen-bond acceptors (Lipinski definition) is 4. The van der Waals surface area contributed by atoms with E-state index in [0.717, 1.165) is 0 Å². The summed E-state index contributed by atoms with van der Waals surface area (Å²) in [6.45, 7) is 0. The molecule has 0 saturated carbocycles. The minimum Gasteiger partial charge on any atom is -0.211 e. The van der Waals surface area contributed by atoms with Crippen molar-refractivity contribution >= 4 is 20.0 Å². The summed E-state index contributed by atoms with van der Waals surface area (Å²) in [5, 5.41) is -5.43. The maximum Gasteiger partial charge on any atom is 0.422 e. The number of halogens is 4. The highest BCUT2D eigenvalue weighted by atomic mass is 32.3. The third-order valence-corrected chi connectivity index (χ3v) is 4.98. The normalized spacial score (nSPS) is 32.3. The van der Waals surface area contributed by atoms with Crippen LogP contribution in [-0.2, 0) is 20.0 Å². The molecular weight excluding hydrogens is 254 g/mol. The van der Waals surface area contributed by atoms with Crippen molar-refractivity contribution in [2.24, 2.45) is 0 Å². The fraction of sp³-hybridized carbons (Fsp3) is 1.00. The van der Waals surface area contributed by atoms with E-state index in [1.807, 2.05) is 0 Å². The highest BCUT2D eigenvalue weighted by molar-refractivity contribution is 8.06. The Morgan fingerprint density at radius 3 is 1.79 bits per heavy atom. The molecule has 1 fully saturated rings. The molecule has 0 bridgehead atoms. The molecule has 0 unspecified atom stereocenters. The van der Waals surface area contributed by atoms with Gasteiger partial charge in [-0.1, -0.05) is 0 Å². The van der Waals surface area contributed by atoms with E-state index in [0.29, 0.717) is 4.13 Å².